The lowest BCUT2D eigenvalue weighted by Gasteiger charge is -2.21. The third-order valence-electron chi connectivity index (χ3n) is 5.35. The van der Waals surface area contributed by atoms with Crippen molar-refractivity contribution in [3.63, 3.8) is 0 Å². The van der Waals surface area contributed by atoms with E-state index in [0.717, 1.165) is 19.2 Å². The molecule has 0 saturated heterocycles. The van der Waals surface area contributed by atoms with Crippen LogP contribution >= 0.6 is 38.5 Å². The van der Waals surface area contributed by atoms with Gasteiger partial charge in [-0.2, -0.15) is 9.78 Å². The molecule has 0 atom stereocenters. The van der Waals surface area contributed by atoms with E-state index in [1.165, 1.54) is 16.8 Å². The van der Waals surface area contributed by atoms with Gasteiger partial charge in [-0.05, 0) is 76.2 Å². The highest BCUT2D eigenvalue weighted by atomic mass is 127. The van der Waals surface area contributed by atoms with Crippen molar-refractivity contribution in [2.24, 2.45) is 5.10 Å². The number of benzene rings is 3. The number of methoxy groups -OCH3 is 1. The smallest absolute Gasteiger partial charge is 0.282 e. The number of rotatable bonds is 6. The van der Waals surface area contributed by atoms with Crippen molar-refractivity contribution in [3.05, 3.63) is 95.8 Å². The highest BCUT2D eigenvalue weighted by Crippen LogP contribution is 2.34. The molecule has 4 rings (SSSR count). The van der Waals surface area contributed by atoms with Gasteiger partial charge in [0, 0.05) is 9.89 Å². The van der Waals surface area contributed by atoms with Crippen LogP contribution in [0.25, 0.3) is 10.9 Å². The SMILES string of the molecule is COc1cc(C=Nn2c(C(C)(C)C)nc3ccc(Br)cc3c2=O)cc(I)c1OCc1ccc(F)cc1. The monoisotopic (exact) mass is 663 g/mol. The second kappa shape index (κ2) is 10.7. The molecule has 0 saturated carbocycles. The van der Waals surface area contributed by atoms with Gasteiger partial charge >= 0.3 is 0 Å². The first-order chi connectivity index (χ1) is 17.1. The average molecular weight is 664 g/mol. The van der Waals surface area contributed by atoms with Crippen LogP contribution in [0.2, 0.25) is 0 Å². The van der Waals surface area contributed by atoms with Crippen molar-refractivity contribution in [3.8, 4) is 11.5 Å². The van der Waals surface area contributed by atoms with E-state index in [1.54, 1.807) is 37.6 Å². The fourth-order valence-electron chi connectivity index (χ4n) is 3.56. The van der Waals surface area contributed by atoms with Crippen molar-refractivity contribution < 1.29 is 13.9 Å². The van der Waals surface area contributed by atoms with Gasteiger partial charge in [-0.3, -0.25) is 4.79 Å². The van der Waals surface area contributed by atoms with E-state index in [1.807, 2.05) is 39.0 Å². The summed E-state index contributed by atoms with van der Waals surface area (Å²) in [5.74, 6) is 1.36. The van der Waals surface area contributed by atoms with E-state index in [4.69, 9.17) is 14.5 Å². The molecule has 4 aromatic rings. The topological polar surface area (TPSA) is 65.7 Å². The Morgan fingerprint density at radius 2 is 1.86 bits per heavy atom. The van der Waals surface area contributed by atoms with Crippen LogP contribution in [0.5, 0.6) is 11.5 Å². The van der Waals surface area contributed by atoms with Gasteiger partial charge in [-0.25, -0.2) is 9.37 Å². The van der Waals surface area contributed by atoms with Crippen LogP contribution in [-0.4, -0.2) is 23.0 Å². The Bertz CT molecular complexity index is 1510. The van der Waals surface area contributed by atoms with Gasteiger partial charge in [-0.15, -0.1) is 0 Å². The van der Waals surface area contributed by atoms with Crippen molar-refractivity contribution in [1.82, 2.24) is 9.66 Å². The average Bonchev–Trinajstić information content (AvgIpc) is 2.83. The number of fused-ring (bicyclic) bond motifs is 1. The van der Waals surface area contributed by atoms with Crippen molar-refractivity contribution in [2.75, 3.05) is 7.11 Å². The minimum atomic E-state index is -0.415. The molecule has 6 nitrogen and oxygen atoms in total. The van der Waals surface area contributed by atoms with Gasteiger partial charge in [0.15, 0.2) is 11.5 Å². The van der Waals surface area contributed by atoms with Gasteiger partial charge < -0.3 is 9.47 Å². The maximum atomic E-state index is 13.4. The van der Waals surface area contributed by atoms with Crippen LogP contribution in [0.1, 0.15) is 37.7 Å². The second-order valence-electron chi connectivity index (χ2n) is 9.16. The number of aromatic nitrogens is 2. The molecule has 3 aromatic carbocycles. The molecule has 1 heterocycles. The predicted octanol–water partition coefficient (Wildman–Crippen LogP) is 6.67. The molecule has 0 aliphatic rings. The Morgan fingerprint density at radius 1 is 1.14 bits per heavy atom. The maximum absolute atomic E-state index is 13.4. The van der Waals surface area contributed by atoms with Crippen LogP contribution in [0, 0.1) is 9.39 Å². The first-order valence-electron chi connectivity index (χ1n) is 11.1. The van der Waals surface area contributed by atoms with Gasteiger partial charge in [0.2, 0.25) is 0 Å². The Hall–Kier alpha value is -2.79. The van der Waals surface area contributed by atoms with Crippen molar-refractivity contribution in [2.45, 2.75) is 32.8 Å². The summed E-state index contributed by atoms with van der Waals surface area (Å²) in [5, 5.41) is 5.01. The van der Waals surface area contributed by atoms with Gasteiger partial charge in [0.25, 0.3) is 5.56 Å². The van der Waals surface area contributed by atoms with Crippen molar-refractivity contribution in [1.29, 1.82) is 0 Å². The lowest BCUT2D eigenvalue weighted by Crippen LogP contribution is -2.29. The van der Waals surface area contributed by atoms with E-state index in [0.29, 0.717) is 28.2 Å². The molecule has 36 heavy (non-hydrogen) atoms. The Kier molecular flexibility index (Phi) is 7.79. The van der Waals surface area contributed by atoms with Crippen LogP contribution in [0.3, 0.4) is 0 Å². The van der Waals surface area contributed by atoms with Crippen molar-refractivity contribution >= 4 is 55.6 Å². The molecule has 0 N–H and O–H groups in total. The molecule has 0 fully saturated rings. The third kappa shape index (κ3) is 5.78. The minimum absolute atomic E-state index is 0.247. The first-order valence-corrected chi connectivity index (χ1v) is 13.0. The summed E-state index contributed by atoms with van der Waals surface area (Å²) in [6, 6.07) is 15.3. The quantitative estimate of drug-likeness (QED) is 0.171. The van der Waals surface area contributed by atoms with Gasteiger partial charge in [-0.1, -0.05) is 48.8 Å². The molecule has 0 aliphatic carbocycles. The highest BCUT2D eigenvalue weighted by molar-refractivity contribution is 14.1. The normalized spacial score (nSPS) is 11.9. The predicted molar refractivity (Wildman–Crippen MR) is 152 cm³/mol. The van der Waals surface area contributed by atoms with Gasteiger partial charge in [0.1, 0.15) is 18.2 Å². The summed E-state index contributed by atoms with van der Waals surface area (Å²) in [7, 11) is 1.56. The van der Waals surface area contributed by atoms with E-state index in [9.17, 15) is 9.18 Å². The Morgan fingerprint density at radius 3 is 2.53 bits per heavy atom. The molecule has 1 aromatic heterocycles. The molecule has 0 radical (unpaired) electrons. The number of ether oxygens (including phenoxy) is 2. The van der Waals surface area contributed by atoms with Crippen LogP contribution in [0.4, 0.5) is 4.39 Å². The lowest BCUT2D eigenvalue weighted by atomic mass is 9.95. The Balaban J connectivity index is 1.71. The minimum Gasteiger partial charge on any atom is -0.493 e. The number of nitrogens with zero attached hydrogens (tertiary/aromatic N) is 3. The number of halogens is 3. The summed E-state index contributed by atoms with van der Waals surface area (Å²) < 4.78 is 27.7. The zero-order valence-electron chi connectivity index (χ0n) is 20.2. The third-order valence-corrected chi connectivity index (χ3v) is 6.64. The van der Waals surface area contributed by atoms with E-state index in [2.05, 4.69) is 43.6 Å². The molecule has 186 valence electrons. The van der Waals surface area contributed by atoms with E-state index in [-0.39, 0.29) is 18.0 Å². The van der Waals surface area contributed by atoms with Gasteiger partial charge in [0.05, 0.1) is 27.8 Å². The molecule has 0 amide bonds. The molecular formula is C27H24BrFIN3O3. The first kappa shape index (κ1) is 26.3. The lowest BCUT2D eigenvalue weighted by molar-refractivity contribution is 0.282. The Labute approximate surface area is 230 Å². The molecule has 9 heteroatoms. The summed E-state index contributed by atoms with van der Waals surface area (Å²) >= 11 is 5.59. The molecule has 0 aliphatic heterocycles. The summed E-state index contributed by atoms with van der Waals surface area (Å²) in [5.41, 5.74) is 1.53. The second-order valence-corrected chi connectivity index (χ2v) is 11.2. The zero-order valence-corrected chi connectivity index (χ0v) is 23.9. The fraction of sp³-hybridized carbons (Fsp3) is 0.222. The summed E-state index contributed by atoms with van der Waals surface area (Å²) in [6.07, 6.45) is 1.61. The van der Waals surface area contributed by atoms with Crippen LogP contribution in [0.15, 0.2) is 69.0 Å². The number of hydrogen-bond donors (Lipinski definition) is 0. The summed E-state index contributed by atoms with van der Waals surface area (Å²) in [4.78, 5) is 18.1. The largest absolute Gasteiger partial charge is 0.493 e. The van der Waals surface area contributed by atoms with E-state index >= 15 is 0 Å². The molecular weight excluding hydrogens is 640 g/mol. The zero-order chi connectivity index (χ0) is 26.0. The van der Waals surface area contributed by atoms with Crippen LogP contribution < -0.4 is 15.0 Å². The highest BCUT2D eigenvalue weighted by Gasteiger charge is 2.23. The molecule has 0 bridgehead atoms. The molecule has 0 unspecified atom stereocenters. The van der Waals surface area contributed by atoms with Crippen LogP contribution in [-0.2, 0) is 12.0 Å². The number of hydrogen-bond acceptors (Lipinski definition) is 5. The summed E-state index contributed by atoms with van der Waals surface area (Å²) in [6.45, 7) is 6.24. The molecule has 0 spiro atoms. The fourth-order valence-corrected chi connectivity index (χ4v) is 4.70. The van der Waals surface area contributed by atoms with E-state index < -0.39 is 5.41 Å². The maximum Gasteiger partial charge on any atom is 0.282 e. The standard InChI is InChI=1S/C27H24BrFIN3O3/c1-27(2,3)26-32-22-10-7-18(28)13-20(22)25(34)33(26)31-14-17-11-21(30)24(23(12-17)35-4)36-15-16-5-8-19(29)9-6-16/h5-14H,15H2,1-4H3.